The smallest absolute Gasteiger partial charge is 0.323 e. The molecule has 0 aromatic rings. The number of likely N-dealkylation sites (N-methyl/N-ethyl adjacent to an activating group) is 1. The molecule has 0 aliphatic heterocycles. The summed E-state index contributed by atoms with van der Waals surface area (Å²) in [5.41, 5.74) is 0. The van der Waals surface area contributed by atoms with E-state index in [1.165, 1.54) is 7.05 Å². The first-order valence-electron chi connectivity index (χ1n) is 5.53. The van der Waals surface area contributed by atoms with E-state index in [-0.39, 0.29) is 12.5 Å². The maximum absolute atomic E-state index is 11.7. The van der Waals surface area contributed by atoms with Crippen LogP contribution in [0.5, 0.6) is 0 Å². The van der Waals surface area contributed by atoms with Crippen LogP contribution in [-0.4, -0.2) is 55.1 Å². The maximum Gasteiger partial charge on any atom is 0.323 e. The van der Waals surface area contributed by atoms with Crippen LogP contribution in [0.15, 0.2) is 0 Å². The van der Waals surface area contributed by atoms with Crippen molar-refractivity contribution in [3.8, 4) is 0 Å². The van der Waals surface area contributed by atoms with Crippen molar-refractivity contribution in [3.05, 3.63) is 0 Å². The van der Waals surface area contributed by atoms with Gasteiger partial charge in [0.2, 0.25) is 15.9 Å². The van der Waals surface area contributed by atoms with Crippen molar-refractivity contribution in [1.82, 2.24) is 9.62 Å². The van der Waals surface area contributed by atoms with Crippen molar-refractivity contribution >= 4 is 21.9 Å². The SMILES string of the molecule is CC(C)CNC(=O)CN(C)S(=O)(=O)C(C)C(=O)O. The van der Waals surface area contributed by atoms with Crippen LogP contribution >= 0.6 is 0 Å². The van der Waals surface area contributed by atoms with Crippen molar-refractivity contribution in [2.24, 2.45) is 5.92 Å². The number of carboxylic acid groups (broad SMARTS) is 1. The van der Waals surface area contributed by atoms with Gasteiger partial charge in [-0.05, 0) is 12.8 Å². The Bertz CT molecular complexity index is 404. The van der Waals surface area contributed by atoms with Crippen LogP contribution in [0.3, 0.4) is 0 Å². The van der Waals surface area contributed by atoms with Gasteiger partial charge in [0.25, 0.3) is 0 Å². The fraction of sp³-hybridized carbons (Fsp3) is 0.800. The standard InChI is InChI=1S/C10H20N2O5S/c1-7(2)5-11-9(13)6-12(4)18(16,17)8(3)10(14)15/h7-8H,5-6H2,1-4H3,(H,11,13)(H,14,15). The van der Waals surface area contributed by atoms with Gasteiger partial charge in [0.05, 0.1) is 6.54 Å². The largest absolute Gasteiger partial charge is 0.480 e. The number of carbonyl (C=O) groups is 2. The summed E-state index contributed by atoms with van der Waals surface area (Å²) in [6, 6.07) is 0. The summed E-state index contributed by atoms with van der Waals surface area (Å²) in [7, 11) is -2.81. The predicted octanol–water partition coefficient (Wildman–Crippen LogP) is -0.507. The zero-order valence-corrected chi connectivity index (χ0v) is 11.8. The highest BCUT2D eigenvalue weighted by Crippen LogP contribution is 2.06. The minimum atomic E-state index is -4.00. The summed E-state index contributed by atoms with van der Waals surface area (Å²) in [5, 5.41) is 9.66. The summed E-state index contributed by atoms with van der Waals surface area (Å²) < 4.78 is 24.2. The molecule has 1 atom stereocenters. The first-order valence-corrected chi connectivity index (χ1v) is 7.04. The van der Waals surface area contributed by atoms with Crippen molar-refractivity contribution in [1.29, 1.82) is 0 Å². The molecule has 0 radical (unpaired) electrons. The molecule has 18 heavy (non-hydrogen) atoms. The summed E-state index contributed by atoms with van der Waals surface area (Å²) in [4.78, 5) is 22.1. The second-order valence-corrected chi connectivity index (χ2v) is 6.84. The van der Waals surface area contributed by atoms with Gasteiger partial charge in [-0.15, -0.1) is 0 Å². The number of amides is 1. The number of carboxylic acids is 1. The predicted molar refractivity (Wildman–Crippen MR) is 66.5 cm³/mol. The van der Waals surface area contributed by atoms with Crippen LogP contribution < -0.4 is 5.32 Å². The van der Waals surface area contributed by atoms with Gasteiger partial charge >= 0.3 is 5.97 Å². The molecule has 1 unspecified atom stereocenters. The molecule has 2 N–H and O–H groups in total. The number of carbonyl (C=O) groups excluding carboxylic acids is 1. The molecule has 0 aliphatic rings. The van der Waals surface area contributed by atoms with Gasteiger partial charge in [0, 0.05) is 13.6 Å². The monoisotopic (exact) mass is 280 g/mol. The fourth-order valence-electron chi connectivity index (χ4n) is 1.06. The van der Waals surface area contributed by atoms with Crippen LogP contribution in [0.4, 0.5) is 0 Å². The van der Waals surface area contributed by atoms with Crippen molar-refractivity contribution in [2.45, 2.75) is 26.0 Å². The van der Waals surface area contributed by atoms with E-state index >= 15 is 0 Å². The molecule has 0 fully saturated rings. The third kappa shape index (κ3) is 5.01. The van der Waals surface area contributed by atoms with Gasteiger partial charge in [-0.2, -0.15) is 4.31 Å². The molecule has 0 rings (SSSR count). The van der Waals surface area contributed by atoms with Crippen LogP contribution in [0, 0.1) is 5.92 Å². The first kappa shape index (κ1) is 16.9. The minimum Gasteiger partial charge on any atom is -0.480 e. The molecule has 1 amide bonds. The lowest BCUT2D eigenvalue weighted by Gasteiger charge is -2.19. The van der Waals surface area contributed by atoms with Crippen LogP contribution in [0.2, 0.25) is 0 Å². The molecule has 0 aliphatic carbocycles. The highest BCUT2D eigenvalue weighted by molar-refractivity contribution is 7.90. The van der Waals surface area contributed by atoms with Gasteiger partial charge < -0.3 is 10.4 Å². The average molecular weight is 280 g/mol. The Kier molecular flexibility index (Phi) is 6.27. The molecular weight excluding hydrogens is 260 g/mol. The zero-order valence-electron chi connectivity index (χ0n) is 11.0. The number of sulfonamides is 1. The molecule has 0 saturated carbocycles. The molecule has 0 aromatic heterocycles. The highest BCUT2D eigenvalue weighted by Gasteiger charge is 2.32. The number of hydrogen-bond acceptors (Lipinski definition) is 4. The Morgan fingerprint density at radius 3 is 2.17 bits per heavy atom. The molecule has 0 aromatic carbocycles. The third-order valence-corrected chi connectivity index (χ3v) is 4.40. The minimum absolute atomic E-state index is 0.258. The molecular formula is C10H20N2O5S. The summed E-state index contributed by atoms with van der Waals surface area (Å²) >= 11 is 0. The summed E-state index contributed by atoms with van der Waals surface area (Å²) in [6.07, 6.45) is 0. The highest BCUT2D eigenvalue weighted by atomic mass is 32.2. The molecule has 106 valence electrons. The van der Waals surface area contributed by atoms with Crippen molar-refractivity contribution in [3.63, 3.8) is 0 Å². The molecule has 0 bridgehead atoms. The Morgan fingerprint density at radius 2 is 1.78 bits per heavy atom. The van der Waals surface area contributed by atoms with E-state index < -0.39 is 27.1 Å². The Balaban J connectivity index is 4.53. The van der Waals surface area contributed by atoms with E-state index in [1.807, 2.05) is 13.8 Å². The van der Waals surface area contributed by atoms with Gasteiger partial charge in [-0.25, -0.2) is 8.42 Å². The number of rotatable bonds is 7. The number of hydrogen-bond donors (Lipinski definition) is 2. The fourth-order valence-corrected chi connectivity index (χ4v) is 2.16. The lowest BCUT2D eigenvalue weighted by atomic mass is 10.2. The van der Waals surface area contributed by atoms with Crippen LogP contribution in [0.25, 0.3) is 0 Å². The quantitative estimate of drug-likeness (QED) is 0.654. The average Bonchev–Trinajstić information content (AvgIpc) is 2.24. The second kappa shape index (κ2) is 6.69. The normalized spacial score (nSPS) is 13.7. The third-order valence-electron chi connectivity index (χ3n) is 2.30. The summed E-state index contributed by atoms with van der Waals surface area (Å²) in [6.45, 7) is 4.95. The van der Waals surface area contributed by atoms with Crippen LogP contribution in [-0.2, 0) is 19.6 Å². The van der Waals surface area contributed by atoms with Gasteiger partial charge in [-0.3, -0.25) is 9.59 Å². The van der Waals surface area contributed by atoms with E-state index in [0.29, 0.717) is 6.54 Å². The van der Waals surface area contributed by atoms with Crippen molar-refractivity contribution < 1.29 is 23.1 Å². The van der Waals surface area contributed by atoms with E-state index in [4.69, 9.17) is 5.11 Å². The zero-order chi connectivity index (χ0) is 14.5. The maximum atomic E-state index is 11.7. The Hall–Kier alpha value is -1.15. The number of aliphatic carboxylic acids is 1. The molecule has 0 spiro atoms. The van der Waals surface area contributed by atoms with E-state index in [0.717, 1.165) is 11.2 Å². The lowest BCUT2D eigenvalue weighted by molar-refractivity contribution is -0.136. The number of nitrogens with zero attached hydrogens (tertiary/aromatic N) is 1. The second-order valence-electron chi connectivity index (χ2n) is 4.48. The molecule has 8 heteroatoms. The Labute approximate surface area is 107 Å². The molecule has 7 nitrogen and oxygen atoms in total. The molecule has 0 saturated heterocycles. The lowest BCUT2D eigenvalue weighted by Crippen LogP contribution is -2.44. The first-order chi connectivity index (χ1) is 8.09. The van der Waals surface area contributed by atoms with E-state index in [2.05, 4.69) is 5.32 Å². The number of nitrogens with one attached hydrogen (secondary N) is 1. The Morgan fingerprint density at radius 1 is 1.28 bits per heavy atom. The summed E-state index contributed by atoms with van der Waals surface area (Å²) in [5.74, 6) is -1.63. The van der Waals surface area contributed by atoms with Gasteiger partial charge in [0.1, 0.15) is 0 Å². The van der Waals surface area contributed by atoms with E-state index in [1.54, 1.807) is 0 Å². The van der Waals surface area contributed by atoms with Gasteiger partial charge in [0.15, 0.2) is 5.25 Å². The van der Waals surface area contributed by atoms with Crippen LogP contribution in [0.1, 0.15) is 20.8 Å². The van der Waals surface area contributed by atoms with Gasteiger partial charge in [-0.1, -0.05) is 13.8 Å². The topological polar surface area (TPSA) is 104 Å². The van der Waals surface area contributed by atoms with E-state index in [9.17, 15) is 18.0 Å². The molecule has 0 heterocycles. The van der Waals surface area contributed by atoms with Crippen molar-refractivity contribution in [2.75, 3.05) is 20.1 Å².